The fourth-order valence-electron chi connectivity index (χ4n) is 2.22. The molecule has 0 N–H and O–H groups in total. The summed E-state index contributed by atoms with van der Waals surface area (Å²) in [4.78, 5) is 0. The van der Waals surface area contributed by atoms with E-state index in [0.717, 1.165) is 0 Å². The van der Waals surface area contributed by atoms with Crippen LogP contribution in [-0.2, 0) is 0 Å². The predicted molar refractivity (Wildman–Crippen MR) is 88.1 cm³/mol. The molecule has 3 aromatic carbocycles. The van der Waals surface area contributed by atoms with Gasteiger partial charge in [0.1, 0.15) is 0 Å². The third-order valence-electron chi connectivity index (χ3n) is 3.07. The maximum Gasteiger partial charge on any atom is 0.0644 e. The molecule has 0 aliphatic heterocycles. The Bertz CT molecular complexity index is 880. The molecule has 0 saturated carbocycles. The van der Waals surface area contributed by atoms with Gasteiger partial charge in [-0.15, -0.1) is 0 Å². The summed E-state index contributed by atoms with van der Waals surface area (Å²) in [5, 5.41) is 5.37. The minimum atomic E-state index is 1.32. The predicted octanol–water partition coefficient (Wildman–Crippen LogP) is 6.52. The molecule has 0 amide bonds. The van der Waals surface area contributed by atoms with Gasteiger partial charge < -0.3 is 0 Å². The molecule has 0 aliphatic rings. The van der Waals surface area contributed by atoms with E-state index >= 15 is 0 Å². The Morgan fingerprint density at radius 2 is 1.44 bits per heavy atom. The molecule has 1 aromatic heterocycles. The summed E-state index contributed by atoms with van der Waals surface area (Å²) in [7, 11) is 7.45. The number of benzene rings is 3. The van der Waals surface area contributed by atoms with Crippen LogP contribution in [0.5, 0.6) is 0 Å². The molecule has 0 radical (unpaired) electrons. The Balaban J connectivity index is 2.27. The summed E-state index contributed by atoms with van der Waals surface area (Å²) < 4.78 is 2.82. The topological polar surface area (TPSA) is 0 Å². The lowest BCUT2D eigenvalue weighted by Gasteiger charge is -2.04. The molecule has 0 bridgehead atoms. The molecule has 1 heterocycles. The third-order valence-corrected chi connectivity index (χ3v) is 9.35. The second-order valence-corrected chi connectivity index (χ2v) is 9.84. The van der Waals surface area contributed by atoms with Gasteiger partial charge in [0.2, 0.25) is 0 Å². The van der Waals surface area contributed by atoms with Crippen molar-refractivity contribution in [3.63, 3.8) is 0 Å². The van der Waals surface area contributed by atoms with Crippen molar-refractivity contribution in [1.29, 1.82) is 0 Å². The highest BCUT2D eigenvalue weighted by molar-refractivity contribution is 8.09. The van der Waals surface area contributed by atoms with Crippen LogP contribution in [0.3, 0.4) is 0 Å². The van der Waals surface area contributed by atoms with Crippen LogP contribution in [0.4, 0.5) is 0 Å². The zero-order chi connectivity index (χ0) is 11.9. The van der Waals surface area contributed by atoms with Crippen LogP contribution >= 0.6 is 39.4 Å². The Morgan fingerprint density at radius 3 is 2.33 bits per heavy atom. The highest BCUT2D eigenvalue weighted by Gasteiger charge is 2.03. The Hall–Kier alpha value is -0.940. The molecule has 0 atom stereocenters. The molecular weight excluding hydrogens is 296 g/mol. The molecule has 18 heavy (non-hydrogen) atoms. The molecule has 88 valence electrons. The Kier molecular flexibility index (Phi) is 2.62. The SMILES string of the molecule is c1ccc2cc3c(ccc4ssssc43)cc2c1. The van der Waals surface area contributed by atoms with Gasteiger partial charge in [0.15, 0.2) is 0 Å². The van der Waals surface area contributed by atoms with Gasteiger partial charge in [-0.2, -0.15) is 0 Å². The number of fused-ring (bicyclic) bond motifs is 4. The lowest BCUT2D eigenvalue weighted by molar-refractivity contribution is 1.80. The standard InChI is InChI=1S/C14H8S4/c1-2-4-10-8-12-11(7-9(10)3-1)5-6-13-14(12)16-18-17-15-13/h1-8H. The minimum Gasteiger partial charge on any atom is -0.0676 e. The van der Waals surface area contributed by atoms with E-state index in [1.807, 2.05) is 39.4 Å². The highest BCUT2D eigenvalue weighted by Crippen LogP contribution is 2.37. The molecule has 4 heteroatoms. The molecular formula is C14H8S4. The van der Waals surface area contributed by atoms with Crippen molar-refractivity contribution in [3.8, 4) is 0 Å². The largest absolute Gasteiger partial charge is 0.0676 e. The molecule has 4 rings (SSSR count). The van der Waals surface area contributed by atoms with Gasteiger partial charge in [-0.05, 0) is 53.0 Å². The summed E-state index contributed by atoms with van der Waals surface area (Å²) in [6, 6.07) is 17.7. The van der Waals surface area contributed by atoms with Crippen LogP contribution in [0.15, 0.2) is 48.5 Å². The highest BCUT2D eigenvalue weighted by atomic mass is 33.4. The van der Waals surface area contributed by atoms with E-state index in [2.05, 4.69) is 48.5 Å². The quantitative estimate of drug-likeness (QED) is 0.197. The lowest BCUT2D eigenvalue weighted by atomic mass is 10.0. The monoisotopic (exact) mass is 304 g/mol. The van der Waals surface area contributed by atoms with Crippen LogP contribution in [0.2, 0.25) is 0 Å². The first kappa shape index (κ1) is 10.9. The molecule has 0 fully saturated rings. The van der Waals surface area contributed by atoms with Crippen LogP contribution in [0, 0.1) is 0 Å². The van der Waals surface area contributed by atoms with Crippen molar-refractivity contribution in [2.24, 2.45) is 0 Å². The number of hydrogen-bond acceptors (Lipinski definition) is 4. The molecule has 4 aromatic rings. The molecule has 0 aliphatic carbocycles. The Morgan fingerprint density at radius 1 is 0.667 bits per heavy atom. The van der Waals surface area contributed by atoms with Crippen molar-refractivity contribution in [3.05, 3.63) is 48.5 Å². The smallest absolute Gasteiger partial charge is 0.0644 e. The number of rotatable bonds is 0. The van der Waals surface area contributed by atoms with E-state index in [1.165, 1.54) is 30.9 Å². The van der Waals surface area contributed by atoms with Crippen molar-refractivity contribution in [1.82, 2.24) is 0 Å². The van der Waals surface area contributed by atoms with E-state index in [-0.39, 0.29) is 0 Å². The van der Waals surface area contributed by atoms with Crippen molar-refractivity contribution in [2.75, 3.05) is 0 Å². The van der Waals surface area contributed by atoms with Crippen LogP contribution in [0.25, 0.3) is 30.9 Å². The van der Waals surface area contributed by atoms with Gasteiger partial charge in [0, 0.05) is 5.39 Å². The van der Waals surface area contributed by atoms with E-state index in [4.69, 9.17) is 0 Å². The van der Waals surface area contributed by atoms with Crippen molar-refractivity contribution in [2.45, 2.75) is 0 Å². The molecule has 0 spiro atoms. The minimum absolute atomic E-state index is 1.32. The van der Waals surface area contributed by atoms with Crippen LogP contribution < -0.4 is 0 Å². The summed E-state index contributed by atoms with van der Waals surface area (Å²) in [5.74, 6) is 0. The fourth-order valence-corrected chi connectivity index (χ4v) is 8.52. The van der Waals surface area contributed by atoms with E-state index in [1.54, 1.807) is 0 Å². The molecule has 0 nitrogen and oxygen atoms in total. The molecule has 0 unspecified atom stereocenters. The van der Waals surface area contributed by atoms with Crippen LogP contribution in [0.1, 0.15) is 0 Å². The van der Waals surface area contributed by atoms with Crippen molar-refractivity contribution < 1.29 is 0 Å². The maximum atomic E-state index is 2.33. The first-order chi connectivity index (χ1) is 8.92. The zero-order valence-corrected chi connectivity index (χ0v) is 12.5. The third kappa shape index (κ3) is 1.68. The summed E-state index contributed by atoms with van der Waals surface area (Å²) in [6.07, 6.45) is 0. The average molecular weight is 304 g/mol. The second kappa shape index (κ2) is 4.31. The second-order valence-electron chi connectivity index (χ2n) is 4.12. The lowest BCUT2D eigenvalue weighted by Crippen LogP contribution is -1.76. The first-order valence-corrected chi connectivity index (χ1v) is 10.4. The van der Waals surface area contributed by atoms with Gasteiger partial charge in [-0.3, -0.25) is 0 Å². The van der Waals surface area contributed by atoms with E-state index < -0.39 is 0 Å². The van der Waals surface area contributed by atoms with Gasteiger partial charge in [0.05, 0.1) is 9.40 Å². The van der Waals surface area contributed by atoms with Crippen molar-refractivity contribution >= 4 is 70.3 Å². The fraction of sp³-hybridized carbons (Fsp3) is 0. The molecule has 0 saturated heterocycles. The first-order valence-electron chi connectivity index (χ1n) is 5.55. The van der Waals surface area contributed by atoms with Gasteiger partial charge in [-0.1, -0.05) is 51.0 Å². The van der Waals surface area contributed by atoms with Gasteiger partial charge >= 0.3 is 0 Å². The van der Waals surface area contributed by atoms with E-state index in [9.17, 15) is 0 Å². The number of hydrogen-bond donors (Lipinski definition) is 0. The van der Waals surface area contributed by atoms with Gasteiger partial charge in [0.25, 0.3) is 0 Å². The van der Waals surface area contributed by atoms with E-state index in [0.29, 0.717) is 0 Å². The van der Waals surface area contributed by atoms with Crippen LogP contribution in [-0.4, -0.2) is 0 Å². The summed E-state index contributed by atoms with van der Waals surface area (Å²) in [5.41, 5.74) is 0. The average Bonchev–Trinajstić information content (AvgIpc) is 2.45. The maximum absolute atomic E-state index is 2.33. The normalized spacial score (nSPS) is 11.3. The zero-order valence-electron chi connectivity index (χ0n) is 9.25. The summed E-state index contributed by atoms with van der Waals surface area (Å²) >= 11 is 0. The summed E-state index contributed by atoms with van der Waals surface area (Å²) in [6.45, 7) is 0. The Labute approximate surface area is 118 Å². The van der Waals surface area contributed by atoms with Gasteiger partial charge in [-0.25, -0.2) is 0 Å².